The number of sulfonamides is 1. The summed E-state index contributed by atoms with van der Waals surface area (Å²) in [6.45, 7) is 8.06. The fraction of sp³-hybridized carbons (Fsp3) is 0.333. The second kappa shape index (κ2) is 13.5. The number of hydrogen-bond acceptors (Lipinski definition) is 5. The van der Waals surface area contributed by atoms with Crippen LogP contribution in [0.3, 0.4) is 0 Å². The number of aryl methyl sites for hydroxylation is 1. The zero-order chi connectivity index (χ0) is 31.4. The van der Waals surface area contributed by atoms with Gasteiger partial charge in [0.05, 0.1) is 22.7 Å². The first-order valence-electron chi connectivity index (χ1n) is 13.0. The summed E-state index contributed by atoms with van der Waals surface area (Å²) >= 11 is 19.2. The summed E-state index contributed by atoms with van der Waals surface area (Å²) in [5.74, 6) is -0.758. The highest BCUT2D eigenvalue weighted by atomic mass is 35.5. The summed E-state index contributed by atoms with van der Waals surface area (Å²) in [6.07, 6.45) is 0. The zero-order valence-electron chi connectivity index (χ0n) is 24.2. The van der Waals surface area contributed by atoms with Crippen molar-refractivity contribution in [2.75, 3.05) is 18.0 Å². The van der Waals surface area contributed by atoms with Crippen molar-refractivity contribution in [3.8, 4) is 5.75 Å². The maximum absolute atomic E-state index is 14.1. The van der Waals surface area contributed by atoms with E-state index >= 15 is 0 Å². The van der Waals surface area contributed by atoms with Crippen molar-refractivity contribution in [3.63, 3.8) is 0 Å². The Balaban J connectivity index is 2.11. The molecule has 0 aromatic heterocycles. The highest BCUT2D eigenvalue weighted by Crippen LogP contribution is 2.33. The summed E-state index contributed by atoms with van der Waals surface area (Å²) in [7, 11) is -2.83. The summed E-state index contributed by atoms with van der Waals surface area (Å²) in [5, 5.41) is 3.63. The molecule has 1 N–H and O–H groups in total. The fourth-order valence-electron chi connectivity index (χ4n) is 4.09. The van der Waals surface area contributed by atoms with Crippen LogP contribution in [-0.4, -0.2) is 50.4 Å². The molecule has 0 spiro atoms. The molecule has 12 heteroatoms. The van der Waals surface area contributed by atoms with E-state index in [4.69, 9.17) is 39.5 Å². The predicted molar refractivity (Wildman–Crippen MR) is 168 cm³/mol. The maximum atomic E-state index is 14.1. The van der Waals surface area contributed by atoms with E-state index in [1.54, 1.807) is 37.3 Å². The van der Waals surface area contributed by atoms with E-state index < -0.39 is 40.0 Å². The number of carbonyl (C=O) groups is 2. The van der Waals surface area contributed by atoms with Crippen LogP contribution < -0.4 is 14.4 Å². The van der Waals surface area contributed by atoms with Gasteiger partial charge in [0.1, 0.15) is 18.3 Å². The molecule has 0 fully saturated rings. The van der Waals surface area contributed by atoms with Crippen molar-refractivity contribution >= 4 is 62.3 Å². The average Bonchev–Trinajstić information content (AvgIpc) is 2.90. The summed E-state index contributed by atoms with van der Waals surface area (Å²) in [5.41, 5.74) is 0.843. The van der Waals surface area contributed by atoms with Crippen LogP contribution in [-0.2, 0) is 26.2 Å². The smallest absolute Gasteiger partial charge is 0.264 e. The molecule has 0 bridgehead atoms. The molecule has 226 valence electrons. The normalized spacial score (nSPS) is 12.4. The summed E-state index contributed by atoms with van der Waals surface area (Å²) in [6, 6.07) is 14.6. The van der Waals surface area contributed by atoms with Crippen molar-refractivity contribution < 1.29 is 22.7 Å². The third kappa shape index (κ3) is 8.10. The largest absolute Gasteiger partial charge is 0.495 e. The predicted octanol–water partition coefficient (Wildman–Crippen LogP) is 6.49. The van der Waals surface area contributed by atoms with E-state index in [0.717, 1.165) is 9.87 Å². The van der Waals surface area contributed by atoms with Gasteiger partial charge >= 0.3 is 0 Å². The van der Waals surface area contributed by atoms with Gasteiger partial charge in [-0.3, -0.25) is 13.9 Å². The van der Waals surface area contributed by atoms with Crippen LogP contribution in [0.4, 0.5) is 5.69 Å². The lowest BCUT2D eigenvalue weighted by Crippen LogP contribution is -2.54. The van der Waals surface area contributed by atoms with E-state index in [2.05, 4.69) is 5.32 Å². The Hall–Kier alpha value is -2.98. The van der Waals surface area contributed by atoms with Gasteiger partial charge in [-0.25, -0.2) is 8.42 Å². The first-order chi connectivity index (χ1) is 19.5. The number of nitrogens with one attached hydrogen (secondary N) is 1. The van der Waals surface area contributed by atoms with Crippen LogP contribution >= 0.6 is 34.8 Å². The summed E-state index contributed by atoms with van der Waals surface area (Å²) in [4.78, 5) is 28.6. The van der Waals surface area contributed by atoms with E-state index in [1.807, 2.05) is 27.7 Å². The van der Waals surface area contributed by atoms with Crippen molar-refractivity contribution in [3.05, 3.63) is 86.9 Å². The molecule has 3 aromatic carbocycles. The molecule has 0 radical (unpaired) electrons. The van der Waals surface area contributed by atoms with Gasteiger partial charge in [0.25, 0.3) is 10.0 Å². The van der Waals surface area contributed by atoms with Gasteiger partial charge in [0.2, 0.25) is 11.8 Å². The Morgan fingerprint density at radius 1 is 0.952 bits per heavy atom. The number of methoxy groups -OCH3 is 1. The van der Waals surface area contributed by atoms with Gasteiger partial charge < -0.3 is 15.0 Å². The fourth-order valence-corrected chi connectivity index (χ4v) is 6.26. The number of ether oxygens (including phenoxy) is 1. The number of rotatable bonds is 10. The van der Waals surface area contributed by atoms with Crippen LogP contribution in [0.15, 0.2) is 65.6 Å². The maximum Gasteiger partial charge on any atom is 0.264 e. The molecule has 0 aliphatic rings. The molecule has 0 heterocycles. The minimum Gasteiger partial charge on any atom is -0.495 e. The lowest BCUT2D eigenvalue weighted by Gasteiger charge is -2.34. The number of benzene rings is 3. The van der Waals surface area contributed by atoms with Gasteiger partial charge in [-0.1, -0.05) is 58.6 Å². The standard InChI is InChI=1S/C30H34Cl3N3O5S/c1-19-10-13-22(14-11-19)42(39,40)36(21-12-15-27(41-6)26(33)16-21)18-28(37)35(20(2)29(38)34-30(3,4)5)17-23-24(31)8-7-9-25(23)32/h7-16,20H,17-18H2,1-6H3,(H,34,38)/t20-/m1/s1. The number of hydrogen-bond donors (Lipinski definition) is 1. The van der Waals surface area contributed by atoms with Crippen molar-refractivity contribution in [2.45, 2.75) is 57.6 Å². The molecule has 8 nitrogen and oxygen atoms in total. The number of halogens is 3. The molecule has 0 unspecified atom stereocenters. The molecule has 3 aromatic rings. The minimum absolute atomic E-state index is 0.0212. The molecule has 0 saturated carbocycles. The van der Waals surface area contributed by atoms with Gasteiger partial charge in [0.15, 0.2) is 0 Å². The molecule has 1 atom stereocenters. The lowest BCUT2D eigenvalue weighted by molar-refractivity contribution is -0.140. The van der Waals surface area contributed by atoms with Crippen molar-refractivity contribution in [2.24, 2.45) is 0 Å². The highest BCUT2D eigenvalue weighted by molar-refractivity contribution is 7.92. The molecule has 3 rings (SSSR count). The molecular formula is C30H34Cl3N3O5S. The molecule has 0 saturated heterocycles. The lowest BCUT2D eigenvalue weighted by atomic mass is 10.1. The first-order valence-corrected chi connectivity index (χ1v) is 15.6. The molecule has 42 heavy (non-hydrogen) atoms. The topological polar surface area (TPSA) is 96.0 Å². The molecule has 2 amide bonds. The molecule has 0 aliphatic carbocycles. The molecular weight excluding hydrogens is 621 g/mol. The summed E-state index contributed by atoms with van der Waals surface area (Å²) < 4.78 is 34.2. The zero-order valence-corrected chi connectivity index (χ0v) is 27.3. The Morgan fingerprint density at radius 3 is 2.07 bits per heavy atom. The number of nitrogens with zero attached hydrogens (tertiary/aromatic N) is 2. The van der Waals surface area contributed by atoms with Gasteiger partial charge in [-0.15, -0.1) is 0 Å². The third-order valence-corrected chi connectivity index (χ3v) is 9.16. The average molecular weight is 655 g/mol. The minimum atomic E-state index is -4.27. The number of amides is 2. The molecule has 0 aliphatic heterocycles. The Morgan fingerprint density at radius 2 is 1.55 bits per heavy atom. The second-order valence-electron chi connectivity index (χ2n) is 10.8. The van der Waals surface area contributed by atoms with E-state index in [0.29, 0.717) is 21.4 Å². The second-order valence-corrected chi connectivity index (χ2v) is 13.9. The van der Waals surface area contributed by atoms with Crippen LogP contribution in [0.25, 0.3) is 0 Å². The Kier molecular flexibility index (Phi) is 10.8. The van der Waals surface area contributed by atoms with E-state index in [1.165, 1.54) is 42.3 Å². The SMILES string of the molecule is COc1ccc(N(CC(=O)N(Cc2c(Cl)cccc2Cl)[C@H](C)C(=O)NC(C)(C)C)S(=O)(=O)c2ccc(C)cc2)cc1Cl. The first kappa shape index (κ1) is 33.5. The monoisotopic (exact) mass is 653 g/mol. The highest BCUT2D eigenvalue weighted by Gasteiger charge is 2.34. The van der Waals surface area contributed by atoms with E-state index in [-0.39, 0.29) is 22.2 Å². The van der Waals surface area contributed by atoms with Crippen LogP contribution in [0, 0.1) is 6.92 Å². The van der Waals surface area contributed by atoms with E-state index in [9.17, 15) is 18.0 Å². The van der Waals surface area contributed by atoms with Crippen molar-refractivity contribution in [1.82, 2.24) is 10.2 Å². The number of anilines is 1. The quantitative estimate of drug-likeness (QED) is 0.270. The number of carbonyl (C=O) groups excluding carboxylic acids is 2. The third-order valence-electron chi connectivity index (χ3n) is 6.37. The van der Waals surface area contributed by atoms with Crippen LogP contribution in [0.5, 0.6) is 5.75 Å². The Bertz CT molecular complexity index is 1540. The Labute approximate surface area is 262 Å². The van der Waals surface area contributed by atoms with Gasteiger partial charge in [-0.2, -0.15) is 0 Å². The van der Waals surface area contributed by atoms with Crippen LogP contribution in [0.1, 0.15) is 38.8 Å². The van der Waals surface area contributed by atoms with Gasteiger partial charge in [-0.05, 0) is 77.1 Å². The van der Waals surface area contributed by atoms with Crippen LogP contribution in [0.2, 0.25) is 15.1 Å². The van der Waals surface area contributed by atoms with Crippen molar-refractivity contribution in [1.29, 1.82) is 0 Å². The van der Waals surface area contributed by atoms with Gasteiger partial charge in [0, 0.05) is 27.7 Å².